The Morgan fingerprint density at radius 2 is 1.86 bits per heavy atom. The van der Waals surface area contributed by atoms with Gasteiger partial charge in [-0.15, -0.1) is 0 Å². The monoisotopic (exact) mass is 689 g/mol. The van der Waals surface area contributed by atoms with E-state index in [9.17, 15) is 24.8 Å². The van der Waals surface area contributed by atoms with Gasteiger partial charge >= 0.3 is 5.97 Å². The average Bonchev–Trinajstić information content (AvgIpc) is 3.56. The lowest BCUT2D eigenvalue weighted by atomic mass is 9.71. The molecule has 268 valence electrons. The van der Waals surface area contributed by atoms with Crippen LogP contribution in [0, 0.1) is 25.2 Å². The zero-order valence-electron chi connectivity index (χ0n) is 29.8. The molecule has 2 bridgehead atoms. The number of piperazine rings is 1. The second kappa shape index (κ2) is 14.0. The number of amides is 2. The van der Waals surface area contributed by atoms with Gasteiger partial charge in [0.15, 0.2) is 23.0 Å². The van der Waals surface area contributed by atoms with Crippen LogP contribution >= 0.6 is 0 Å². The molecule has 4 heterocycles. The Kier molecular flexibility index (Phi) is 9.88. The summed E-state index contributed by atoms with van der Waals surface area (Å²) in [5, 5.41) is 28.4. The van der Waals surface area contributed by atoms with Gasteiger partial charge in [-0.3, -0.25) is 24.2 Å². The zero-order valence-corrected chi connectivity index (χ0v) is 29.8. The van der Waals surface area contributed by atoms with Crippen molar-refractivity contribution in [3.8, 4) is 34.8 Å². The lowest BCUT2D eigenvalue weighted by Gasteiger charge is -2.60. The predicted molar refractivity (Wildman–Crippen MR) is 182 cm³/mol. The number of rotatable bonds is 10. The number of unbranched alkanes of at least 4 members (excludes halogenated alkanes) is 2. The number of fused-ring (bicyclic) bond motifs is 9. The summed E-state index contributed by atoms with van der Waals surface area (Å²) in [6.07, 6.45) is 3.87. The largest absolute Gasteiger partial charge is 0.504 e. The normalized spacial score (nSPS) is 23.8. The van der Waals surface area contributed by atoms with Gasteiger partial charge in [0.1, 0.15) is 17.8 Å². The molecule has 0 radical (unpaired) electrons. The molecule has 50 heavy (non-hydrogen) atoms. The summed E-state index contributed by atoms with van der Waals surface area (Å²) in [5.74, 6) is 0.712. The van der Waals surface area contributed by atoms with Gasteiger partial charge in [0.25, 0.3) is 0 Å². The molecule has 1 fully saturated rings. The van der Waals surface area contributed by atoms with Crippen LogP contribution in [0.15, 0.2) is 6.07 Å². The summed E-state index contributed by atoms with van der Waals surface area (Å²) in [5.41, 5.74) is 4.50. The van der Waals surface area contributed by atoms with Crippen LogP contribution in [0.2, 0.25) is 0 Å². The quantitative estimate of drug-likeness (QED) is 0.190. The molecule has 2 amide bonds. The molecule has 2 aromatic rings. The van der Waals surface area contributed by atoms with Crippen LogP contribution in [0.1, 0.15) is 91.9 Å². The second-order valence-corrected chi connectivity index (χ2v) is 13.8. The van der Waals surface area contributed by atoms with Gasteiger partial charge in [0, 0.05) is 54.2 Å². The minimum atomic E-state index is -0.791. The molecular weight excluding hydrogens is 642 g/mol. The third kappa shape index (κ3) is 5.88. The van der Waals surface area contributed by atoms with E-state index in [1.807, 2.05) is 27.0 Å². The van der Waals surface area contributed by atoms with Crippen molar-refractivity contribution in [3.63, 3.8) is 0 Å². The van der Waals surface area contributed by atoms with Crippen LogP contribution in [-0.2, 0) is 27.2 Å². The molecule has 4 aliphatic heterocycles. The smallest absolute Gasteiger partial charge is 0.308 e. The number of carbonyl (C=O) groups is 3. The van der Waals surface area contributed by atoms with E-state index in [4.69, 9.17) is 18.9 Å². The van der Waals surface area contributed by atoms with E-state index >= 15 is 0 Å². The number of aryl methyl sites for hydroxylation is 1. The van der Waals surface area contributed by atoms with Crippen molar-refractivity contribution in [1.82, 2.24) is 20.4 Å². The second-order valence-electron chi connectivity index (χ2n) is 13.8. The molecule has 6 rings (SSSR count). The number of nitrogens with one attached hydrogen (secondary N) is 2. The third-order valence-electron chi connectivity index (χ3n) is 10.8. The fraction of sp³-hybridized carbons (Fsp3) is 0.568. The number of esters is 1. The van der Waals surface area contributed by atoms with E-state index in [0.717, 1.165) is 36.0 Å². The summed E-state index contributed by atoms with van der Waals surface area (Å²) in [6, 6.07) is 1.55. The Labute approximate surface area is 292 Å². The van der Waals surface area contributed by atoms with Crippen molar-refractivity contribution < 1.29 is 38.4 Å². The van der Waals surface area contributed by atoms with E-state index in [1.54, 1.807) is 6.92 Å². The number of phenolic OH excluding ortho intramolecular Hbond substituents is 1. The Morgan fingerprint density at radius 1 is 1.12 bits per heavy atom. The Balaban J connectivity index is 1.47. The highest BCUT2D eigenvalue weighted by molar-refractivity contribution is 5.87. The summed E-state index contributed by atoms with van der Waals surface area (Å²) >= 11 is 0. The minimum Gasteiger partial charge on any atom is -0.504 e. The van der Waals surface area contributed by atoms with Crippen LogP contribution in [0.3, 0.4) is 0 Å². The van der Waals surface area contributed by atoms with Crippen molar-refractivity contribution in [3.05, 3.63) is 39.4 Å². The van der Waals surface area contributed by atoms with Crippen molar-refractivity contribution in [1.29, 1.82) is 5.26 Å². The molecule has 2 aromatic carbocycles. The van der Waals surface area contributed by atoms with Crippen molar-refractivity contribution >= 4 is 17.8 Å². The van der Waals surface area contributed by atoms with E-state index in [1.165, 1.54) is 14.0 Å². The first kappa shape index (κ1) is 35.3. The number of aromatic hydroxyl groups is 1. The molecule has 6 atom stereocenters. The number of benzene rings is 2. The van der Waals surface area contributed by atoms with Gasteiger partial charge in [-0.05, 0) is 58.2 Å². The van der Waals surface area contributed by atoms with Gasteiger partial charge in [-0.25, -0.2) is 0 Å². The highest BCUT2D eigenvalue weighted by atomic mass is 16.7. The molecule has 0 spiro atoms. The molecule has 4 unspecified atom stereocenters. The molecule has 1 saturated heterocycles. The van der Waals surface area contributed by atoms with Crippen LogP contribution < -0.4 is 29.6 Å². The van der Waals surface area contributed by atoms with Crippen molar-refractivity contribution in [2.75, 3.05) is 27.5 Å². The van der Waals surface area contributed by atoms with E-state index in [0.29, 0.717) is 59.0 Å². The molecule has 3 N–H and O–H groups in total. The first-order chi connectivity index (χ1) is 23.9. The highest BCUT2D eigenvalue weighted by Gasteiger charge is 2.57. The van der Waals surface area contributed by atoms with Crippen LogP contribution in [0.4, 0.5) is 0 Å². The van der Waals surface area contributed by atoms with E-state index in [-0.39, 0.29) is 43.0 Å². The number of carbonyl (C=O) groups excluding carboxylic acids is 3. The highest BCUT2D eigenvalue weighted by Crippen LogP contribution is 2.58. The number of methoxy groups -OCH3 is 1. The number of hydrogen-bond donors (Lipinski definition) is 3. The molecule has 13 heteroatoms. The lowest BCUT2D eigenvalue weighted by Crippen LogP contribution is -2.69. The maximum Gasteiger partial charge on any atom is 0.308 e. The van der Waals surface area contributed by atoms with Crippen LogP contribution in [0.25, 0.3) is 0 Å². The predicted octanol–water partition coefficient (Wildman–Crippen LogP) is 3.64. The standard InChI is InChI=1S/C37H47N5O8/c1-8-9-10-11-28(44)40-20(4)37(46)39-16-27-30-23(34(50-21(5)43)19(3)35-36(30)49-17-48-35)14-25-31-29-22(12-18(2)33(47-7)32(29)45)13-24(41(31)6)26(15-38)42(25)27/h12,20,24-27,31,45H,8-11,13-14,16-17H2,1-7H3,(H,39,46)(H,40,44)/t20-,24?,25?,26?,27-,31?/m0/s1. The number of nitrogens with zero attached hydrogens (tertiary/aromatic N) is 3. The van der Waals surface area contributed by atoms with Gasteiger partial charge in [-0.1, -0.05) is 25.8 Å². The maximum atomic E-state index is 13.5. The maximum absolute atomic E-state index is 13.5. The zero-order chi connectivity index (χ0) is 36.0. The van der Waals surface area contributed by atoms with Gasteiger partial charge in [0.05, 0.1) is 25.3 Å². The molecule has 13 nitrogen and oxygen atoms in total. The fourth-order valence-corrected chi connectivity index (χ4v) is 8.58. The van der Waals surface area contributed by atoms with Crippen LogP contribution in [-0.4, -0.2) is 84.4 Å². The number of phenols is 1. The van der Waals surface area contributed by atoms with Crippen molar-refractivity contribution in [2.24, 2.45) is 0 Å². The number of nitriles is 1. The summed E-state index contributed by atoms with van der Waals surface area (Å²) < 4.78 is 23.5. The first-order valence-electron chi connectivity index (χ1n) is 17.4. The minimum absolute atomic E-state index is 0.0359. The fourth-order valence-electron chi connectivity index (χ4n) is 8.58. The number of likely N-dealkylation sites (N-methyl/N-ethyl adjacent to an activating group) is 1. The molecule has 0 saturated carbocycles. The SMILES string of the molecule is CCCCCC(=O)N[C@@H](C)C(=O)NC[C@H]1c2c(c(OC(C)=O)c(C)c3c2OCO3)CC2C3c4c(cc(C)c(OC)c4O)CC(C(C#N)N21)N3C. The topological polar surface area (TPSA) is 163 Å². The summed E-state index contributed by atoms with van der Waals surface area (Å²) in [7, 11) is 3.50. The Bertz CT molecular complexity index is 1750. The molecule has 0 aromatic heterocycles. The third-order valence-corrected chi connectivity index (χ3v) is 10.8. The number of hydrogen-bond acceptors (Lipinski definition) is 11. The van der Waals surface area contributed by atoms with Gasteiger partial charge in [0.2, 0.25) is 18.6 Å². The Hall–Kier alpha value is -4.54. The van der Waals surface area contributed by atoms with E-state index < -0.39 is 30.1 Å². The van der Waals surface area contributed by atoms with Crippen LogP contribution in [0.5, 0.6) is 28.7 Å². The average molecular weight is 690 g/mol. The van der Waals surface area contributed by atoms with Crippen molar-refractivity contribution in [2.45, 2.75) is 109 Å². The van der Waals surface area contributed by atoms with E-state index in [2.05, 4.69) is 33.4 Å². The summed E-state index contributed by atoms with van der Waals surface area (Å²) in [4.78, 5) is 42.9. The van der Waals surface area contributed by atoms with Gasteiger partial charge in [-0.2, -0.15) is 5.26 Å². The molecular formula is C37H47N5O8. The molecule has 0 aliphatic carbocycles. The molecule has 4 aliphatic rings. The first-order valence-corrected chi connectivity index (χ1v) is 17.4. The number of ether oxygens (including phenoxy) is 4. The van der Waals surface area contributed by atoms with Gasteiger partial charge < -0.3 is 34.7 Å². The lowest BCUT2D eigenvalue weighted by molar-refractivity contribution is -0.132. The Morgan fingerprint density at radius 3 is 2.54 bits per heavy atom. The summed E-state index contributed by atoms with van der Waals surface area (Å²) in [6.45, 7) is 8.79.